The highest BCUT2D eigenvalue weighted by Gasteiger charge is 2.11. The SMILES string of the molecule is CCNC(=O)C(C)NCC(=O)O. The molecule has 0 radical (unpaired) electrons. The monoisotopic (exact) mass is 174 g/mol. The lowest BCUT2D eigenvalue weighted by molar-refractivity contribution is -0.136. The summed E-state index contributed by atoms with van der Waals surface area (Å²) in [4.78, 5) is 21.1. The molecule has 0 bridgehead atoms. The van der Waals surface area contributed by atoms with Gasteiger partial charge in [0.1, 0.15) is 0 Å². The Hall–Kier alpha value is -1.10. The molecule has 0 rings (SSSR count). The van der Waals surface area contributed by atoms with Crippen molar-refractivity contribution in [2.45, 2.75) is 19.9 Å². The van der Waals surface area contributed by atoms with Crippen LogP contribution in [0, 0.1) is 0 Å². The number of amides is 1. The van der Waals surface area contributed by atoms with Crippen molar-refractivity contribution >= 4 is 11.9 Å². The predicted octanol–water partition coefficient (Wildman–Crippen LogP) is -0.815. The number of rotatable bonds is 5. The molecule has 0 aromatic rings. The van der Waals surface area contributed by atoms with Crippen molar-refractivity contribution in [3.63, 3.8) is 0 Å². The molecule has 0 aliphatic carbocycles. The Kier molecular flexibility index (Phi) is 5.03. The van der Waals surface area contributed by atoms with Gasteiger partial charge in [-0.1, -0.05) is 0 Å². The first kappa shape index (κ1) is 10.9. The van der Waals surface area contributed by atoms with Crippen molar-refractivity contribution in [2.75, 3.05) is 13.1 Å². The van der Waals surface area contributed by atoms with Crippen LogP contribution in [0.4, 0.5) is 0 Å². The van der Waals surface area contributed by atoms with E-state index in [-0.39, 0.29) is 12.5 Å². The van der Waals surface area contributed by atoms with Crippen LogP contribution < -0.4 is 10.6 Å². The van der Waals surface area contributed by atoms with Crippen molar-refractivity contribution in [2.24, 2.45) is 0 Å². The molecule has 3 N–H and O–H groups in total. The number of carbonyl (C=O) groups excluding carboxylic acids is 1. The first-order chi connectivity index (χ1) is 5.57. The van der Waals surface area contributed by atoms with Gasteiger partial charge in [0.05, 0.1) is 12.6 Å². The van der Waals surface area contributed by atoms with E-state index in [9.17, 15) is 9.59 Å². The summed E-state index contributed by atoms with van der Waals surface area (Å²) in [6.45, 7) is 3.78. The molecule has 0 aromatic heterocycles. The number of likely N-dealkylation sites (N-methyl/N-ethyl adjacent to an activating group) is 1. The Bertz CT molecular complexity index is 170. The number of aliphatic carboxylic acids is 1. The number of carbonyl (C=O) groups is 2. The van der Waals surface area contributed by atoms with Gasteiger partial charge >= 0.3 is 5.97 Å². The molecule has 0 fully saturated rings. The molecule has 70 valence electrons. The van der Waals surface area contributed by atoms with Gasteiger partial charge < -0.3 is 10.4 Å². The Morgan fingerprint density at radius 2 is 2.08 bits per heavy atom. The normalized spacial score (nSPS) is 12.2. The van der Waals surface area contributed by atoms with Crippen molar-refractivity contribution in [3.8, 4) is 0 Å². The first-order valence-corrected chi connectivity index (χ1v) is 3.80. The minimum atomic E-state index is -0.967. The molecule has 0 aliphatic heterocycles. The fourth-order valence-corrected chi connectivity index (χ4v) is 0.660. The van der Waals surface area contributed by atoms with Crippen LogP contribution in [0.2, 0.25) is 0 Å². The molecular formula is C7H14N2O3. The summed E-state index contributed by atoms with van der Waals surface area (Å²) in [6.07, 6.45) is 0. The molecule has 5 nitrogen and oxygen atoms in total. The molecule has 5 heteroatoms. The van der Waals surface area contributed by atoms with E-state index in [1.165, 1.54) is 0 Å². The van der Waals surface area contributed by atoms with Gasteiger partial charge in [-0.05, 0) is 13.8 Å². The molecule has 0 saturated carbocycles. The van der Waals surface area contributed by atoms with E-state index < -0.39 is 12.0 Å². The van der Waals surface area contributed by atoms with Gasteiger partial charge in [-0.25, -0.2) is 0 Å². The fourth-order valence-electron chi connectivity index (χ4n) is 0.660. The summed E-state index contributed by atoms with van der Waals surface area (Å²) in [6, 6.07) is -0.457. The van der Waals surface area contributed by atoms with Crippen LogP contribution in [0.15, 0.2) is 0 Å². The maximum Gasteiger partial charge on any atom is 0.317 e. The highest BCUT2D eigenvalue weighted by Crippen LogP contribution is 1.80. The molecular weight excluding hydrogens is 160 g/mol. The quantitative estimate of drug-likeness (QED) is 0.509. The Balaban J connectivity index is 3.63. The van der Waals surface area contributed by atoms with Gasteiger partial charge in [0, 0.05) is 6.54 Å². The van der Waals surface area contributed by atoms with E-state index in [1.807, 2.05) is 6.92 Å². The predicted molar refractivity (Wildman–Crippen MR) is 43.8 cm³/mol. The number of carboxylic acids is 1. The van der Waals surface area contributed by atoms with Crippen LogP contribution in [-0.4, -0.2) is 36.1 Å². The lowest BCUT2D eigenvalue weighted by Gasteiger charge is -2.10. The third kappa shape index (κ3) is 4.68. The van der Waals surface area contributed by atoms with Gasteiger partial charge in [-0.15, -0.1) is 0 Å². The Morgan fingerprint density at radius 3 is 2.50 bits per heavy atom. The largest absolute Gasteiger partial charge is 0.480 e. The summed E-state index contributed by atoms with van der Waals surface area (Å²) < 4.78 is 0. The zero-order chi connectivity index (χ0) is 9.56. The number of hydrogen-bond acceptors (Lipinski definition) is 3. The van der Waals surface area contributed by atoms with Crippen molar-refractivity contribution in [1.82, 2.24) is 10.6 Å². The van der Waals surface area contributed by atoms with E-state index in [0.29, 0.717) is 6.54 Å². The van der Waals surface area contributed by atoms with Gasteiger partial charge in [0.25, 0.3) is 0 Å². The van der Waals surface area contributed by atoms with E-state index in [4.69, 9.17) is 5.11 Å². The lowest BCUT2D eigenvalue weighted by atomic mass is 10.3. The Morgan fingerprint density at radius 1 is 1.50 bits per heavy atom. The number of hydrogen-bond donors (Lipinski definition) is 3. The minimum Gasteiger partial charge on any atom is -0.480 e. The standard InChI is InChI=1S/C7H14N2O3/c1-3-8-7(12)5(2)9-4-6(10)11/h5,9H,3-4H2,1-2H3,(H,8,12)(H,10,11). The molecule has 1 atom stereocenters. The van der Waals surface area contributed by atoms with Crippen LogP contribution in [0.5, 0.6) is 0 Å². The second-order valence-corrected chi connectivity index (χ2v) is 2.39. The lowest BCUT2D eigenvalue weighted by Crippen LogP contribution is -2.43. The van der Waals surface area contributed by atoms with Crippen LogP contribution in [0.1, 0.15) is 13.8 Å². The average Bonchev–Trinajstić information content (AvgIpc) is 2.00. The van der Waals surface area contributed by atoms with Crippen molar-refractivity contribution < 1.29 is 14.7 Å². The van der Waals surface area contributed by atoms with Crippen LogP contribution in [0.25, 0.3) is 0 Å². The summed E-state index contributed by atoms with van der Waals surface area (Å²) in [7, 11) is 0. The number of nitrogens with one attached hydrogen (secondary N) is 2. The molecule has 1 unspecified atom stereocenters. The van der Waals surface area contributed by atoms with Gasteiger partial charge in [-0.3, -0.25) is 14.9 Å². The maximum atomic E-state index is 11.0. The molecule has 1 amide bonds. The highest BCUT2D eigenvalue weighted by atomic mass is 16.4. The third-order valence-corrected chi connectivity index (χ3v) is 1.30. The van der Waals surface area contributed by atoms with Crippen LogP contribution in [0.3, 0.4) is 0 Å². The van der Waals surface area contributed by atoms with Gasteiger partial charge in [-0.2, -0.15) is 0 Å². The van der Waals surface area contributed by atoms with E-state index in [2.05, 4.69) is 10.6 Å². The summed E-state index contributed by atoms with van der Waals surface area (Å²) >= 11 is 0. The molecule has 0 aromatic carbocycles. The first-order valence-electron chi connectivity index (χ1n) is 3.80. The van der Waals surface area contributed by atoms with Gasteiger partial charge in [0.15, 0.2) is 0 Å². The van der Waals surface area contributed by atoms with E-state index in [1.54, 1.807) is 6.92 Å². The zero-order valence-corrected chi connectivity index (χ0v) is 7.26. The molecule has 0 spiro atoms. The van der Waals surface area contributed by atoms with E-state index >= 15 is 0 Å². The minimum absolute atomic E-state index is 0.182. The van der Waals surface area contributed by atoms with Crippen LogP contribution >= 0.6 is 0 Å². The second kappa shape index (κ2) is 5.54. The van der Waals surface area contributed by atoms with Crippen molar-refractivity contribution in [3.05, 3.63) is 0 Å². The highest BCUT2D eigenvalue weighted by molar-refractivity contribution is 5.81. The Labute approximate surface area is 71.1 Å². The third-order valence-electron chi connectivity index (χ3n) is 1.30. The zero-order valence-electron chi connectivity index (χ0n) is 7.26. The summed E-state index contributed by atoms with van der Waals surface area (Å²) in [5.74, 6) is -1.15. The van der Waals surface area contributed by atoms with Crippen molar-refractivity contribution in [1.29, 1.82) is 0 Å². The topological polar surface area (TPSA) is 78.4 Å². The molecule has 12 heavy (non-hydrogen) atoms. The smallest absolute Gasteiger partial charge is 0.317 e. The second-order valence-electron chi connectivity index (χ2n) is 2.39. The molecule has 0 aliphatic rings. The number of carboxylic acid groups (broad SMARTS) is 1. The molecule has 0 saturated heterocycles. The average molecular weight is 174 g/mol. The summed E-state index contributed by atoms with van der Waals surface area (Å²) in [5, 5.41) is 13.4. The summed E-state index contributed by atoms with van der Waals surface area (Å²) in [5.41, 5.74) is 0. The molecule has 0 heterocycles. The van der Waals surface area contributed by atoms with Gasteiger partial charge in [0.2, 0.25) is 5.91 Å². The van der Waals surface area contributed by atoms with E-state index in [0.717, 1.165) is 0 Å². The van der Waals surface area contributed by atoms with Crippen LogP contribution in [-0.2, 0) is 9.59 Å². The fraction of sp³-hybridized carbons (Fsp3) is 0.714. The maximum absolute atomic E-state index is 11.0.